The topological polar surface area (TPSA) is 127 Å². The highest BCUT2D eigenvalue weighted by Crippen LogP contribution is 2.07. The summed E-state index contributed by atoms with van der Waals surface area (Å²) < 4.78 is 0. The highest BCUT2D eigenvalue weighted by Gasteiger charge is 2.21. The van der Waals surface area contributed by atoms with E-state index in [-0.39, 0.29) is 12.8 Å². The van der Waals surface area contributed by atoms with Crippen molar-refractivity contribution in [2.45, 2.75) is 84.1 Å². The van der Waals surface area contributed by atoms with Gasteiger partial charge in [-0.15, -0.1) is 0 Å². The van der Waals surface area contributed by atoms with Crippen molar-refractivity contribution in [3.63, 3.8) is 0 Å². The maximum atomic E-state index is 10.1. The largest absolute Gasteiger partial charge is 0.481 e. The smallest absolute Gasteiger partial charge is 0.303 e. The van der Waals surface area contributed by atoms with E-state index in [0.717, 1.165) is 19.3 Å². The average molecular weight is 321 g/mol. The third-order valence-electron chi connectivity index (χ3n) is 2.39. The van der Waals surface area contributed by atoms with Crippen LogP contribution in [0.5, 0.6) is 0 Å². The second kappa shape index (κ2) is 11.4. The molecule has 0 atom stereocenters. The van der Waals surface area contributed by atoms with Crippen LogP contribution in [0.1, 0.15) is 72.6 Å². The molecule has 0 saturated heterocycles. The van der Waals surface area contributed by atoms with Gasteiger partial charge in [0.05, 0.1) is 0 Å². The minimum Gasteiger partial charge on any atom is -0.481 e. The van der Waals surface area contributed by atoms with Gasteiger partial charge in [0.2, 0.25) is 0 Å². The van der Waals surface area contributed by atoms with E-state index in [1.807, 2.05) is 0 Å². The first-order valence-electron chi connectivity index (χ1n) is 7.51. The Morgan fingerprint density at radius 3 is 1.18 bits per heavy atom. The van der Waals surface area contributed by atoms with Gasteiger partial charge in [0.15, 0.2) is 0 Å². The molecule has 132 valence electrons. The lowest BCUT2D eigenvalue weighted by molar-refractivity contribution is -0.138. The van der Waals surface area contributed by atoms with Gasteiger partial charge in [-0.25, -0.2) is 0 Å². The zero-order chi connectivity index (χ0) is 17.8. The molecule has 0 heterocycles. The van der Waals surface area contributed by atoms with Crippen LogP contribution in [0.25, 0.3) is 0 Å². The molecule has 0 aromatic heterocycles. The molecule has 0 bridgehead atoms. The zero-order valence-electron chi connectivity index (χ0n) is 14.1. The van der Waals surface area contributed by atoms with Gasteiger partial charge < -0.3 is 20.4 Å². The van der Waals surface area contributed by atoms with E-state index in [1.54, 1.807) is 27.7 Å². The number of carboxylic acid groups (broad SMARTS) is 2. The minimum atomic E-state index is -1.02. The van der Waals surface area contributed by atoms with E-state index in [4.69, 9.17) is 20.4 Å². The van der Waals surface area contributed by atoms with Gasteiger partial charge in [-0.1, -0.05) is 19.3 Å². The lowest BCUT2D eigenvalue weighted by Crippen LogP contribution is -2.51. The molecular weight excluding hydrogens is 290 g/mol. The molecule has 0 aliphatic rings. The maximum absolute atomic E-state index is 10.1. The Hall–Kier alpha value is -1.18. The van der Waals surface area contributed by atoms with Crippen molar-refractivity contribution in [2.75, 3.05) is 0 Å². The number of aliphatic hydroxyl groups is 2. The standard InChI is InChI=1S/C9H16O4.C6H15NO2/c10-8(11)6-4-2-1-3-5-7-9(12)13;1-5(2,8)7-6(3,4)9/h1-7H2,(H,10,11)(H,12,13);7-9H,1-4H3. The summed E-state index contributed by atoms with van der Waals surface area (Å²) in [6, 6.07) is 0. The van der Waals surface area contributed by atoms with Crippen molar-refractivity contribution in [3.8, 4) is 0 Å². The normalized spacial score (nSPS) is 11.5. The number of hydrogen-bond acceptors (Lipinski definition) is 5. The third-order valence-corrected chi connectivity index (χ3v) is 2.39. The molecule has 0 spiro atoms. The van der Waals surface area contributed by atoms with Crippen molar-refractivity contribution in [1.29, 1.82) is 0 Å². The molecule has 22 heavy (non-hydrogen) atoms. The predicted octanol–water partition coefficient (Wildman–Crippen LogP) is 1.92. The van der Waals surface area contributed by atoms with Crippen molar-refractivity contribution < 1.29 is 30.0 Å². The molecule has 0 fully saturated rings. The molecule has 7 nitrogen and oxygen atoms in total. The molecule has 5 N–H and O–H groups in total. The summed E-state index contributed by atoms with van der Waals surface area (Å²) in [5.41, 5.74) is -2.03. The summed E-state index contributed by atoms with van der Waals surface area (Å²) in [7, 11) is 0. The van der Waals surface area contributed by atoms with Gasteiger partial charge in [-0.3, -0.25) is 14.9 Å². The summed E-state index contributed by atoms with van der Waals surface area (Å²) in [4.78, 5) is 20.2. The molecule has 0 aliphatic heterocycles. The first kappa shape index (κ1) is 23.1. The van der Waals surface area contributed by atoms with E-state index in [0.29, 0.717) is 12.8 Å². The van der Waals surface area contributed by atoms with Gasteiger partial charge in [0.25, 0.3) is 0 Å². The van der Waals surface area contributed by atoms with E-state index >= 15 is 0 Å². The van der Waals surface area contributed by atoms with Crippen LogP contribution in [0.2, 0.25) is 0 Å². The SMILES string of the molecule is CC(C)(O)NC(C)(C)O.O=C(O)CCCCCCCC(=O)O. The zero-order valence-corrected chi connectivity index (χ0v) is 14.1. The molecule has 7 heteroatoms. The summed E-state index contributed by atoms with van der Waals surface area (Å²) >= 11 is 0. The summed E-state index contributed by atoms with van der Waals surface area (Å²) in [6.45, 7) is 6.30. The molecular formula is C15H31NO6. The second-order valence-corrected chi connectivity index (χ2v) is 6.30. The van der Waals surface area contributed by atoms with E-state index < -0.39 is 23.4 Å². The van der Waals surface area contributed by atoms with Crippen molar-refractivity contribution in [2.24, 2.45) is 0 Å². The van der Waals surface area contributed by atoms with Gasteiger partial charge in [-0.2, -0.15) is 0 Å². The Morgan fingerprint density at radius 1 is 0.727 bits per heavy atom. The van der Waals surface area contributed by atoms with E-state index in [2.05, 4.69) is 5.32 Å². The van der Waals surface area contributed by atoms with Gasteiger partial charge >= 0.3 is 11.9 Å². The van der Waals surface area contributed by atoms with Crippen LogP contribution in [0, 0.1) is 0 Å². The second-order valence-electron chi connectivity index (χ2n) is 6.30. The van der Waals surface area contributed by atoms with Gasteiger partial charge in [0, 0.05) is 12.8 Å². The highest BCUT2D eigenvalue weighted by molar-refractivity contribution is 5.66. The van der Waals surface area contributed by atoms with Gasteiger partial charge in [-0.05, 0) is 40.5 Å². The average Bonchev–Trinajstić information content (AvgIpc) is 2.22. The molecule has 0 aliphatic carbocycles. The lowest BCUT2D eigenvalue weighted by atomic mass is 10.1. The van der Waals surface area contributed by atoms with E-state index in [9.17, 15) is 9.59 Å². The Bertz CT molecular complexity index is 287. The maximum Gasteiger partial charge on any atom is 0.303 e. The number of hydrogen-bond donors (Lipinski definition) is 5. The molecule has 0 unspecified atom stereocenters. The fourth-order valence-electron chi connectivity index (χ4n) is 1.83. The number of carbonyl (C=O) groups is 2. The lowest BCUT2D eigenvalue weighted by Gasteiger charge is -2.28. The molecule has 0 aromatic carbocycles. The third kappa shape index (κ3) is 27.2. The van der Waals surface area contributed by atoms with Gasteiger partial charge in [0.1, 0.15) is 11.4 Å². The van der Waals surface area contributed by atoms with Crippen LogP contribution in [-0.2, 0) is 9.59 Å². The Balaban J connectivity index is 0. The summed E-state index contributed by atoms with van der Waals surface area (Å²) in [6.07, 6.45) is 4.53. The summed E-state index contributed by atoms with van der Waals surface area (Å²) in [5.74, 6) is -1.52. The van der Waals surface area contributed by atoms with Crippen LogP contribution in [0.3, 0.4) is 0 Å². The molecule has 0 saturated carbocycles. The van der Waals surface area contributed by atoms with Crippen LogP contribution in [0.4, 0.5) is 0 Å². The van der Waals surface area contributed by atoms with Crippen molar-refractivity contribution >= 4 is 11.9 Å². The summed E-state index contributed by atoms with van der Waals surface area (Å²) in [5, 5.41) is 37.4. The Kier molecular flexibility index (Phi) is 12.0. The highest BCUT2D eigenvalue weighted by atomic mass is 16.4. The number of rotatable bonds is 10. The number of nitrogens with one attached hydrogen (secondary N) is 1. The van der Waals surface area contributed by atoms with Crippen molar-refractivity contribution in [3.05, 3.63) is 0 Å². The van der Waals surface area contributed by atoms with E-state index in [1.165, 1.54) is 0 Å². The Morgan fingerprint density at radius 2 is 1.00 bits per heavy atom. The monoisotopic (exact) mass is 321 g/mol. The van der Waals surface area contributed by atoms with Crippen molar-refractivity contribution in [1.82, 2.24) is 5.32 Å². The van der Waals surface area contributed by atoms with Crippen LogP contribution < -0.4 is 5.32 Å². The quantitative estimate of drug-likeness (QED) is 0.307. The number of carboxylic acids is 2. The molecule has 0 amide bonds. The van der Waals surface area contributed by atoms with Crippen LogP contribution >= 0.6 is 0 Å². The number of aliphatic carboxylic acids is 2. The van der Waals surface area contributed by atoms with Crippen LogP contribution in [-0.4, -0.2) is 43.8 Å². The fourth-order valence-corrected chi connectivity index (χ4v) is 1.83. The Labute approximate surface area is 132 Å². The number of unbranched alkanes of at least 4 members (excludes halogenated alkanes) is 4. The first-order valence-corrected chi connectivity index (χ1v) is 7.51. The molecule has 0 aromatic rings. The predicted molar refractivity (Wildman–Crippen MR) is 83.3 cm³/mol. The molecule has 0 radical (unpaired) electrons. The molecule has 0 rings (SSSR count). The minimum absolute atomic E-state index is 0.221. The first-order chi connectivity index (χ1) is 9.83. The fraction of sp³-hybridized carbons (Fsp3) is 0.867. The van der Waals surface area contributed by atoms with Crippen LogP contribution in [0.15, 0.2) is 0 Å².